The number of aromatic nitrogens is 3. The van der Waals surface area contributed by atoms with Crippen molar-refractivity contribution in [2.75, 3.05) is 18.5 Å². The van der Waals surface area contributed by atoms with Gasteiger partial charge in [0.15, 0.2) is 5.65 Å². The van der Waals surface area contributed by atoms with Gasteiger partial charge in [0.05, 0.1) is 11.8 Å². The molecule has 25 heavy (non-hydrogen) atoms. The topological polar surface area (TPSA) is 51.5 Å². The van der Waals surface area contributed by atoms with Crippen LogP contribution in [0.2, 0.25) is 0 Å². The van der Waals surface area contributed by atoms with Gasteiger partial charge in [-0.15, -0.1) is 0 Å². The number of hydrogen-bond acceptors (Lipinski definition) is 4. The normalized spacial score (nSPS) is 17.3. The van der Waals surface area contributed by atoms with Gasteiger partial charge >= 0.3 is 0 Å². The van der Waals surface area contributed by atoms with E-state index in [1.54, 1.807) is 12.1 Å². The number of benzene rings is 1. The van der Waals surface area contributed by atoms with E-state index < -0.39 is 0 Å². The zero-order chi connectivity index (χ0) is 17.4. The average molecular weight is 340 g/mol. The van der Waals surface area contributed by atoms with Crippen LogP contribution in [-0.4, -0.2) is 33.9 Å². The maximum Gasteiger partial charge on any atom is 0.165 e. The number of halogens is 1. The molecule has 3 aromatic rings. The van der Waals surface area contributed by atoms with Gasteiger partial charge in [-0.3, -0.25) is 0 Å². The van der Waals surface area contributed by atoms with Crippen molar-refractivity contribution in [3.8, 4) is 11.1 Å². The number of anilines is 1. The number of nitrogens with zero attached hydrogens (tertiary/aromatic N) is 3. The van der Waals surface area contributed by atoms with E-state index in [1.165, 1.54) is 12.1 Å². The van der Waals surface area contributed by atoms with Gasteiger partial charge in [0.2, 0.25) is 0 Å². The first-order chi connectivity index (χ1) is 12.1. The Hall–Kier alpha value is -2.47. The van der Waals surface area contributed by atoms with Gasteiger partial charge in [-0.2, -0.15) is 9.61 Å². The standard InChI is InChI=1S/C19H21FN4O/c1-12-10-17(21-11-16-4-3-9-25-16)24-19(22-12)18(13(2)23-24)14-5-7-15(20)8-6-14/h5-8,10,16,21H,3-4,9,11H2,1-2H3/t16-/m1/s1. The van der Waals surface area contributed by atoms with Crippen molar-refractivity contribution < 1.29 is 9.13 Å². The second kappa shape index (κ2) is 6.44. The van der Waals surface area contributed by atoms with Crippen LogP contribution in [0, 0.1) is 19.7 Å². The van der Waals surface area contributed by atoms with Crippen LogP contribution < -0.4 is 5.32 Å². The smallest absolute Gasteiger partial charge is 0.165 e. The first-order valence-electron chi connectivity index (χ1n) is 8.60. The number of hydrogen-bond donors (Lipinski definition) is 1. The summed E-state index contributed by atoms with van der Waals surface area (Å²) in [6, 6.07) is 8.45. The van der Waals surface area contributed by atoms with Crippen LogP contribution >= 0.6 is 0 Å². The van der Waals surface area contributed by atoms with Crippen LogP contribution in [0.4, 0.5) is 10.2 Å². The van der Waals surface area contributed by atoms with Crippen molar-refractivity contribution in [3.63, 3.8) is 0 Å². The summed E-state index contributed by atoms with van der Waals surface area (Å²) < 4.78 is 20.8. The van der Waals surface area contributed by atoms with Gasteiger partial charge in [-0.1, -0.05) is 12.1 Å². The molecule has 1 saturated heterocycles. The van der Waals surface area contributed by atoms with Gasteiger partial charge in [0.1, 0.15) is 11.6 Å². The highest BCUT2D eigenvalue weighted by Gasteiger charge is 2.18. The SMILES string of the molecule is Cc1cc(NC[C@H]2CCCO2)n2nc(C)c(-c3ccc(F)cc3)c2n1. The summed E-state index contributed by atoms with van der Waals surface area (Å²) in [5, 5.41) is 8.10. The van der Waals surface area contributed by atoms with E-state index in [-0.39, 0.29) is 11.9 Å². The summed E-state index contributed by atoms with van der Waals surface area (Å²) in [5.74, 6) is 0.649. The molecule has 0 unspecified atom stereocenters. The maximum atomic E-state index is 13.3. The molecule has 1 N–H and O–H groups in total. The Bertz CT molecular complexity index is 898. The molecule has 0 saturated carbocycles. The molecule has 1 aliphatic rings. The van der Waals surface area contributed by atoms with Crippen molar-refractivity contribution in [3.05, 3.63) is 47.5 Å². The lowest BCUT2D eigenvalue weighted by atomic mass is 10.1. The Morgan fingerprint density at radius 1 is 1.28 bits per heavy atom. The molecule has 0 aliphatic carbocycles. The first-order valence-corrected chi connectivity index (χ1v) is 8.60. The molecule has 3 heterocycles. The Labute approximate surface area is 145 Å². The zero-order valence-electron chi connectivity index (χ0n) is 14.4. The third-order valence-corrected chi connectivity index (χ3v) is 4.56. The molecule has 6 heteroatoms. The Morgan fingerprint density at radius 3 is 2.80 bits per heavy atom. The van der Waals surface area contributed by atoms with Gasteiger partial charge < -0.3 is 10.1 Å². The molecule has 5 nitrogen and oxygen atoms in total. The Balaban J connectivity index is 1.75. The lowest BCUT2D eigenvalue weighted by Gasteiger charge is -2.13. The molecular formula is C19H21FN4O. The predicted molar refractivity (Wildman–Crippen MR) is 95.3 cm³/mol. The number of fused-ring (bicyclic) bond motifs is 1. The fraction of sp³-hybridized carbons (Fsp3) is 0.368. The van der Waals surface area contributed by atoms with E-state index in [2.05, 4.69) is 15.4 Å². The van der Waals surface area contributed by atoms with Gasteiger partial charge in [-0.25, -0.2) is 9.37 Å². The van der Waals surface area contributed by atoms with Crippen molar-refractivity contribution in [2.24, 2.45) is 0 Å². The van der Waals surface area contributed by atoms with E-state index in [1.807, 2.05) is 24.4 Å². The third kappa shape index (κ3) is 3.09. The van der Waals surface area contributed by atoms with Crippen molar-refractivity contribution >= 4 is 11.5 Å². The minimum atomic E-state index is -0.249. The fourth-order valence-electron chi connectivity index (χ4n) is 3.35. The molecular weight excluding hydrogens is 319 g/mol. The Kier molecular flexibility index (Phi) is 4.13. The third-order valence-electron chi connectivity index (χ3n) is 4.56. The molecule has 0 radical (unpaired) electrons. The predicted octanol–water partition coefficient (Wildman–Crippen LogP) is 3.74. The van der Waals surface area contributed by atoms with Crippen LogP contribution in [0.3, 0.4) is 0 Å². The number of nitrogens with one attached hydrogen (secondary N) is 1. The summed E-state index contributed by atoms with van der Waals surface area (Å²) in [6.07, 6.45) is 2.45. The molecule has 1 atom stereocenters. The highest BCUT2D eigenvalue weighted by molar-refractivity contribution is 5.80. The summed E-state index contributed by atoms with van der Waals surface area (Å²) >= 11 is 0. The molecule has 1 aliphatic heterocycles. The van der Waals surface area contributed by atoms with E-state index in [4.69, 9.17) is 4.74 Å². The van der Waals surface area contributed by atoms with Gasteiger partial charge in [0.25, 0.3) is 0 Å². The van der Waals surface area contributed by atoms with Crippen LogP contribution in [0.15, 0.2) is 30.3 Å². The largest absolute Gasteiger partial charge is 0.376 e. The van der Waals surface area contributed by atoms with Gasteiger partial charge in [0, 0.05) is 30.5 Å². The zero-order valence-corrected chi connectivity index (χ0v) is 14.4. The molecule has 1 aromatic carbocycles. The molecule has 1 fully saturated rings. The van der Waals surface area contributed by atoms with Crippen LogP contribution in [0.25, 0.3) is 16.8 Å². The first kappa shape index (κ1) is 16.0. The van der Waals surface area contributed by atoms with E-state index in [0.29, 0.717) is 0 Å². The van der Waals surface area contributed by atoms with Crippen molar-refractivity contribution in [2.45, 2.75) is 32.8 Å². The molecule has 130 valence electrons. The number of ether oxygens (including phenoxy) is 1. The lowest BCUT2D eigenvalue weighted by molar-refractivity contribution is 0.120. The summed E-state index contributed by atoms with van der Waals surface area (Å²) in [6.45, 7) is 5.51. The number of rotatable bonds is 4. The second-order valence-corrected chi connectivity index (χ2v) is 6.50. The van der Waals surface area contributed by atoms with Crippen LogP contribution in [-0.2, 0) is 4.74 Å². The van der Waals surface area contributed by atoms with E-state index >= 15 is 0 Å². The minimum absolute atomic E-state index is 0.247. The highest BCUT2D eigenvalue weighted by Crippen LogP contribution is 2.29. The molecule has 0 spiro atoms. The van der Waals surface area contributed by atoms with E-state index in [0.717, 1.165) is 60.0 Å². The molecule has 4 rings (SSSR count). The van der Waals surface area contributed by atoms with E-state index in [9.17, 15) is 4.39 Å². The van der Waals surface area contributed by atoms with Crippen LogP contribution in [0.1, 0.15) is 24.2 Å². The monoisotopic (exact) mass is 340 g/mol. The number of aryl methyl sites for hydroxylation is 2. The fourth-order valence-corrected chi connectivity index (χ4v) is 3.35. The molecule has 0 bridgehead atoms. The van der Waals surface area contributed by atoms with Crippen molar-refractivity contribution in [1.82, 2.24) is 14.6 Å². The second-order valence-electron chi connectivity index (χ2n) is 6.50. The summed E-state index contributed by atoms with van der Waals surface area (Å²) in [4.78, 5) is 4.67. The van der Waals surface area contributed by atoms with Gasteiger partial charge in [-0.05, 0) is 44.4 Å². The van der Waals surface area contributed by atoms with Crippen molar-refractivity contribution in [1.29, 1.82) is 0 Å². The summed E-state index contributed by atoms with van der Waals surface area (Å²) in [7, 11) is 0. The maximum absolute atomic E-state index is 13.3. The average Bonchev–Trinajstić information content (AvgIpc) is 3.21. The lowest BCUT2D eigenvalue weighted by Crippen LogP contribution is -2.20. The molecule has 2 aromatic heterocycles. The summed E-state index contributed by atoms with van der Waals surface area (Å²) in [5.41, 5.74) is 4.40. The van der Waals surface area contributed by atoms with Crippen LogP contribution in [0.5, 0.6) is 0 Å². The minimum Gasteiger partial charge on any atom is -0.376 e. The highest BCUT2D eigenvalue weighted by atomic mass is 19.1. The molecule has 0 amide bonds. The quantitative estimate of drug-likeness (QED) is 0.786. The Morgan fingerprint density at radius 2 is 2.08 bits per heavy atom.